The first-order chi connectivity index (χ1) is 13.7. The van der Waals surface area contributed by atoms with Gasteiger partial charge in [-0.15, -0.1) is 0 Å². The molecule has 4 rings (SSSR count). The van der Waals surface area contributed by atoms with E-state index in [1.165, 1.54) is 5.56 Å². The molecule has 1 unspecified atom stereocenters. The van der Waals surface area contributed by atoms with Crippen LogP contribution in [0.3, 0.4) is 0 Å². The molecule has 0 radical (unpaired) electrons. The largest absolute Gasteiger partial charge is 0.494 e. The van der Waals surface area contributed by atoms with Crippen LogP contribution < -0.4 is 4.74 Å². The Bertz CT molecular complexity index is 962. The third-order valence-electron chi connectivity index (χ3n) is 5.46. The fourth-order valence-electron chi connectivity index (χ4n) is 3.94. The summed E-state index contributed by atoms with van der Waals surface area (Å²) in [4.78, 5) is 19.0. The Labute approximate surface area is 165 Å². The van der Waals surface area contributed by atoms with Crippen molar-refractivity contribution in [3.05, 3.63) is 59.9 Å². The molecule has 3 aromatic rings. The zero-order valence-corrected chi connectivity index (χ0v) is 16.6. The van der Waals surface area contributed by atoms with Gasteiger partial charge in [0.2, 0.25) is 5.91 Å². The molecule has 146 valence electrons. The fraction of sp³-hybridized carbons (Fsp3) is 0.391. The molecule has 1 saturated heterocycles. The van der Waals surface area contributed by atoms with Gasteiger partial charge in [0.1, 0.15) is 11.6 Å². The zero-order chi connectivity index (χ0) is 19.5. The Balaban J connectivity index is 1.49. The average molecular weight is 377 g/mol. The number of amides is 1. The highest BCUT2D eigenvalue weighted by Gasteiger charge is 2.32. The Morgan fingerprint density at radius 3 is 2.68 bits per heavy atom. The van der Waals surface area contributed by atoms with E-state index in [2.05, 4.69) is 29.7 Å². The van der Waals surface area contributed by atoms with Crippen molar-refractivity contribution in [2.75, 3.05) is 19.7 Å². The van der Waals surface area contributed by atoms with E-state index in [1.54, 1.807) is 0 Å². The number of likely N-dealkylation sites (tertiary alicyclic amines) is 1. The number of imidazole rings is 1. The molecule has 1 amide bonds. The van der Waals surface area contributed by atoms with Crippen LogP contribution in [0.1, 0.15) is 37.1 Å². The Morgan fingerprint density at radius 2 is 1.93 bits per heavy atom. The lowest BCUT2D eigenvalue weighted by molar-refractivity contribution is -0.127. The molecular weight excluding hydrogens is 350 g/mol. The molecule has 2 heterocycles. The number of rotatable bonds is 7. The minimum atomic E-state index is 0.165. The van der Waals surface area contributed by atoms with Crippen LogP contribution in [0.25, 0.3) is 11.0 Å². The highest BCUT2D eigenvalue weighted by molar-refractivity contribution is 5.80. The van der Waals surface area contributed by atoms with Gasteiger partial charge >= 0.3 is 0 Å². The lowest BCUT2D eigenvalue weighted by Crippen LogP contribution is -2.24. The Hall–Kier alpha value is -2.82. The van der Waals surface area contributed by atoms with Crippen LogP contribution in [-0.4, -0.2) is 40.1 Å². The molecular formula is C23H27N3O2. The Morgan fingerprint density at radius 1 is 1.14 bits per heavy atom. The van der Waals surface area contributed by atoms with E-state index in [9.17, 15) is 4.79 Å². The third kappa shape index (κ3) is 3.75. The van der Waals surface area contributed by atoms with Gasteiger partial charge in [0.05, 0.1) is 17.6 Å². The van der Waals surface area contributed by atoms with E-state index in [1.807, 2.05) is 42.2 Å². The third-order valence-corrected chi connectivity index (χ3v) is 5.46. The number of hydrogen-bond acceptors (Lipinski definition) is 3. The highest BCUT2D eigenvalue weighted by Crippen LogP contribution is 2.30. The van der Waals surface area contributed by atoms with Crippen LogP contribution in [0.2, 0.25) is 0 Å². The van der Waals surface area contributed by atoms with Crippen molar-refractivity contribution < 1.29 is 9.53 Å². The summed E-state index contributed by atoms with van der Waals surface area (Å²) in [6.07, 6.45) is 1.44. The number of fused-ring (bicyclic) bond motifs is 1. The van der Waals surface area contributed by atoms with Gasteiger partial charge in [-0.05, 0) is 44.5 Å². The van der Waals surface area contributed by atoms with Gasteiger partial charge in [0.25, 0.3) is 0 Å². The normalized spacial score (nSPS) is 16.9. The second-order valence-electron chi connectivity index (χ2n) is 7.46. The number of aromatic nitrogens is 2. The van der Waals surface area contributed by atoms with E-state index >= 15 is 0 Å². The van der Waals surface area contributed by atoms with Crippen LogP contribution in [0.5, 0.6) is 5.75 Å². The first-order valence-corrected chi connectivity index (χ1v) is 10.1. The van der Waals surface area contributed by atoms with Crippen molar-refractivity contribution in [1.29, 1.82) is 0 Å². The van der Waals surface area contributed by atoms with Gasteiger partial charge in [-0.25, -0.2) is 4.98 Å². The quantitative estimate of drug-likeness (QED) is 0.581. The predicted molar refractivity (Wildman–Crippen MR) is 111 cm³/mol. The van der Waals surface area contributed by atoms with Crippen LogP contribution in [0.4, 0.5) is 0 Å². The number of likely N-dealkylation sites (N-methyl/N-ethyl adjacent to an activating group) is 1. The molecule has 0 N–H and O–H groups in total. The molecule has 1 atom stereocenters. The fourth-order valence-corrected chi connectivity index (χ4v) is 3.94. The van der Waals surface area contributed by atoms with E-state index in [0.29, 0.717) is 13.0 Å². The van der Waals surface area contributed by atoms with Gasteiger partial charge in [-0.1, -0.05) is 29.8 Å². The topological polar surface area (TPSA) is 47.4 Å². The van der Waals surface area contributed by atoms with E-state index in [0.717, 1.165) is 48.7 Å². The SMILES string of the molecule is CCN1CC(c2nc3ccccc3n2CCCOc2ccc(C)cc2)CC1=O. The standard InChI is InChI=1S/C23H27N3O2/c1-3-25-16-18(15-22(25)27)23-24-20-7-4-5-8-21(20)26(23)13-6-14-28-19-11-9-17(2)10-12-19/h4-5,7-12,18H,3,6,13-16H2,1-2H3. The number of ether oxygens (including phenoxy) is 1. The van der Waals surface area contributed by atoms with E-state index in [4.69, 9.17) is 9.72 Å². The molecule has 1 aliphatic heterocycles. The Kier molecular flexibility index (Phi) is 5.33. The first kappa shape index (κ1) is 18.5. The monoisotopic (exact) mass is 377 g/mol. The van der Waals surface area contributed by atoms with Crippen LogP contribution >= 0.6 is 0 Å². The van der Waals surface area contributed by atoms with Gasteiger partial charge < -0.3 is 14.2 Å². The zero-order valence-electron chi connectivity index (χ0n) is 16.6. The molecule has 1 aromatic heterocycles. The first-order valence-electron chi connectivity index (χ1n) is 10.1. The summed E-state index contributed by atoms with van der Waals surface area (Å²) in [5, 5.41) is 0. The summed E-state index contributed by atoms with van der Waals surface area (Å²) in [6, 6.07) is 16.4. The van der Waals surface area contributed by atoms with Crippen LogP contribution in [0.15, 0.2) is 48.5 Å². The molecule has 5 nitrogen and oxygen atoms in total. The van der Waals surface area contributed by atoms with Gasteiger partial charge in [-0.3, -0.25) is 4.79 Å². The van der Waals surface area contributed by atoms with E-state index in [-0.39, 0.29) is 11.8 Å². The second kappa shape index (κ2) is 8.05. The molecule has 28 heavy (non-hydrogen) atoms. The van der Waals surface area contributed by atoms with Crippen molar-refractivity contribution in [3.63, 3.8) is 0 Å². The maximum absolute atomic E-state index is 12.2. The maximum Gasteiger partial charge on any atom is 0.223 e. The number of carbonyl (C=O) groups excluding carboxylic acids is 1. The number of carbonyl (C=O) groups is 1. The van der Waals surface area contributed by atoms with Crippen molar-refractivity contribution in [3.8, 4) is 5.75 Å². The molecule has 5 heteroatoms. The number of hydrogen-bond donors (Lipinski definition) is 0. The molecule has 0 saturated carbocycles. The summed E-state index contributed by atoms with van der Waals surface area (Å²) >= 11 is 0. The predicted octanol–water partition coefficient (Wildman–Crippen LogP) is 4.15. The summed E-state index contributed by atoms with van der Waals surface area (Å²) in [7, 11) is 0. The molecule has 1 fully saturated rings. The number of nitrogens with zero attached hydrogens (tertiary/aromatic N) is 3. The second-order valence-corrected chi connectivity index (χ2v) is 7.46. The summed E-state index contributed by atoms with van der Waals surface area (Å²) in [5.74, 6) is 2.33. The molecule has 0 spiro atoms. The number of benzene rings is 2. The lowest BCUT2D eigenvalue weighted by atomic mass is 10.1. The van der Waals surface area contributed by atoms with Crippen molar-refractivity contribution in [1.82, 2.24) is 14.5 Å². The van der Waals surface area contributed by atoms with Crippen molar-refractivity contribution >= 4 is 16.9 Å². The molecule has 2 aromatic carbocycles. The number of para-hydroxylation sites is 2. The van der Waals surface area contributed by atoms with Gasteiger partial charge in [0.15, 0.2) is 0 Å². The van der Waals surface area contributed by atoms with Crippen LogP contribution in [0, 0.1) is 6.92 Å². The summed E-state index contributed by atoms with van der Waals surface area (Å²) < 4.78 is 8.17. The summed E-state index contributed by atoms with van der Waals surface area (Å²) in [5.41, 5.74) is 3.36. The average Bonchev–Trinajstić information content (AvgIpc) is 3.27. The molecule has 0 aliphatic carbocycles. The van der Waals surface area contributed by atoms with E-state index < -0.39 is 0 Å². The minimum absolute atomic E-state index is 0.165. The maximum atomic E-state index is 12.2. The summed E-state index contributed by atoms with van der Waals surface area (Å²) in [6.45, 7) is 7.12. The number of aryl methyl sites for hydroxylation is 2. The van der Waals surface area contributed by atoms with Crippen LogP contribution in [-0.2, 0) is 11.3 Å². The van der Waals surface area contributed by atoms with Gasteiger partial charge in [-0.2, -0.15) is 0 Å². The highest BCUT2D eigenvalue weighted by atomic mass is 16.5. The lowest BCUT2D eigenvalue weighted by Gasteiger charge is -2.15. The minimum Gasteiger partial charge on any atom is -0.494 e. The molecule has 1 aliphatic rings. The van der Waals surface area contributed by atoms with Gasteiger partial charge in [0, 0.05) is 32.0 Å². The molecule has 0 bridgehead atoms. The smallest absolute Gasteiger partial charge is 0.223 e. The van der Waals surface area contributed by atoms with Crippen molar-refractivity contribution in [2.24, 2.45) is 0 Å². The van der Waals surface area contributed by atoms with Crippen molar-refractivity contribution in [2.45, 2.75) is 39.2 Å².